The number of aromatic carboxylic acids is 1. The summed E-state index contributed by atoms with van der Waals surface area (Å²) in [5.41, 5.74) is 4.83. The van der Waals surface area contributed by atoms with E-state index in [0.29, 0.717) is 6.54 Å². The van der Waals surface area contributed by atoms with Gasteiger partial charge in [-0.05, 0) is 42.2 Å². The minimum absolute atomic E-state index is 0.00243. The first-order chi connectivity index (χ1) is 14.9. The molecule has 1 aliphatic heterocycles. The van der Waals surface area contributed by atoms with Crippen LogP contribution < -0.4 is 0 Å². The summed E-state index contributed by atoms with van der Waals surface area (Å²) in [6.07, 6.45) is 1.41. The van der Waals surface area contributed by atoms with Gasteiger partial charge in [0.2, 0.25) is 0 Å². The molecular weight excluding hydrogens is 392 g/mol. The first kappa shape index (κ1) is 20.8. The molecule has 0 bridgehead atoms. The second kappa shape index (κ2) is 8.73. The Morgan fingerprint density at radius 3 is 2.48 bits per heavy atom. The number of amides is 1. The van der Waals surface area contributed by atoms with E-state index in [1.54, 1.807) is 4.90 Å². The highest BCUT2D eigenvalue weighted by Gasteiger charge is 2.29. The average Bonchev–Trinajstić information content (AvgIpc) is 3.26. The Hall–Kier alpha value is -3.45. The molecule has 0 aliphatic carbocycles. The van der Waals surface area contributed by atoms with E-state index in [2.05, 4.69) is 47.3 Å². The van der Waals surface area contributed by atoms with E-state index in [0.717, 1.165) is 24.3 Å². The zero-order valence-corrected chi connectivity index (χ0v) is 17.7. The van der Waals surface area contributed by atoms with E-state index >= 15 is 0 Å². The van der Waals surface area contributed by atoms with Crippen LogP contribution in [0.3, 0.4) is 0 Å². The number of piperazine rings is 1. The first-order valence-corrected chi connectivity index (χ1v) is 10.4. The molecule has 1 amide bonds. The molecule has 7 heteroatoms. The van der Waals surface area contributed by atoms with Crippen molar-refractivity contribution in [1.82, 2.24) is 19.6 Å². The molecule has 3 aromatic rings. The van der Waals surface area contributed by atoms with Gasteiger partial charge in [-0.1, -0.05) is 48.5 Å². The minimum atomic E-state index is -1.14. The van der Waals surface area contributed by atoms with Crippen molar-refractivity contribution in [2.45, 2.75) is 26.4 Å². The fourth-order valence-corrected chi connectivity index (χ4v) is 4.06. The number of carboxylic acid groups (broad SMARTS) is 1. The highest BCUT2D eigenvalue weighted by molar-refractivity contribution is 5.86. The highest BCUT2D eigenvalue weighted by atomic mass is 16.4. The standard InChI is InChI=1S/C24H26N4O3/c1-17-14-20(19-6-4-3-5-7-19)8-9-21(17)16-26-12-13-27(18(2)15-26)24(31)28-11-10-22(25-28)23(29)30/h3-11,14,18H,12-13,15-16H2,1-2H3,(H,29,30)/t18-/m1/s1. The fraction of sp³-hybridized carbons (Fsp3) is 0.292. The van der Waals surface area contributed by atoms with Gasteiger partial charge in [-0.15, -0.1) is 0 Å². The van der Waals surface area contributed by atoms with Crippen LogP contribution in [0.4, 0.5) is 4.79 Å². The molecular formula is C24H26N4O3. The molecule has 1 atom stereocenters. The maximum absolute atomic E-state index is 12.8. The summed E-state index contributed by atoms with van der Waals surface area (Å²) in [4.78, 5) is 27.9. The number of hydrogen-bond donors (Lipinski definition) is 1. The van der Waals surface area contributed by atoms with Gasteiger partial charge >= 0.3 is 12.0 Å². The zero-order valence-electron chi connectivity index (χ0n) is 17.7. The lowest BCUT2D eigenvalue weighted by Gasteiger charge is -2.39. The molecule has 2 aromatic carbocycles. The molecule has 7 nitrogen and oxygen atoms in total. The maximum Gasteiger partial charge on any atom is 0.356 e. The molecule has 0 saturated carbocycles. The average molecular weight is 418 g/mol. The Morgan fingerprint density at radius 1 is 1.06 bits per heavy atom. The molecule has 0 unspecified atom stereocenters. The number of carbonyl (C=O) groups is 2. The van der Waals surface area contributed by atoms with Crippen LogP contribution in [0.1, 0.15) is 28.5 Å². The topological polar surface area (TPSA) is 78.7 Å². The summed E-state index contributed by atoms with van der Waals surface area (Å²) in [5.74, 6) is -1.14. The van der Waals surface area contributed by atoms with Crippen LogP contribution >= 0.6 is 0 Å². The van der Waals surface area contributed by atoms with Crippen LogP contribution in [0.5, 0.6) is 0 Å². The molecule has 1 aliphatic rings. The van der Waals surface area contributed by atoms with Crippen molar-refractivity contribution >= 4 is 12.0 Å². The van der Waals surface area contributed by atoms with Crippen molar-refractivity contribution in [2.24, 2.45) is 0 Å². The van der Waals surface area contributed by atoms with Crippen molar-refractivity contribution in [1.29, 1.82) is 0 Å². The van der Waals surface area contributed by atoms with Crippen molar-refractivity contribution in [3.8, 4) is 11.1 Å². The number of benzene rings is 2. The number of carbonyl (C=O) groups excluding carboxylic acids is 1. The van der Waals surface area contributed by atoms with Gasteiger partial charge in [0.15, 0.2) is 5.69 Å². The molecule has 1 N–H and O–H groups in total. The third-order valence-corrected chi connectivity index (χ3v) is 5.81. The summed E-state index contributed by atoms with van der Waals surface area (Å²) >= 11 is 0. The molecule has 31 heavy (non-hydrogen) atoms. The van der Waals surface area contributed by atoms with Crippen LogP contribution in [-0.2, 0) is 6.54 Å². The monoisotopic (exact) mass is 418 g/mol. The fourth-order valence-electron chi connectivity index (χ4n) is 4.06. The lowest BCUT2D eigenvalue weighted by molar-refractivity contribution is 0.0689. The van der Waals surface area contributed by atoms with Crippen LogP contribution in [0.15, 0.2) is 60.8 Å². The molecule has 1 fully saturated rings. The highest BCUT2D eigenvalue weighted by Crippen LogP contribution is 2.23. The Kier molecular flexibility index (Phi) is 5.86. The van der Waals surface area contributed by atoms with Gasteiger partial charge in [-0.3, -0.25) is 4.90 Å². The van der Waals surface area contributed by atoms with Gasteiger partial charge in [0.1, 0.15) is 0 Å². The quantitative estimate of drug-likeness (QED) is 0.698. The molecule has 0 spiro atoms. The molecule has 0 radical (unpaired) electrons. The van der Waals surface area contributed by atoms with Crippen molar-refractivity contribution in [3.05, 3.63) is 77.6 Å². The normalized spacial score (nSPS) is 17.0. The van der Waals surface area contributed by atoms with Gasteiger partial charge in [0, 0.05) is 38.4 Å². The number of nitrogens with zero attached hydrogens (tertiary/aromatic N) is 4. The second-order valence-corrected chi connectivity index (χ2v) is 8.02. The first-order valence-electron chi connectivity index (χ1n) is 10.4. The van der Waals surface area contributed by atoms with Crippen LogP contribution in [0, 0.1) is 6.92 Å². The third kappa shape index (κ3) is 4.51. The summed E-state index contributed by atoms with van der Waals surface area (Å²) in [6, 6.07) is 18.0. The Morgan fingerprint density at radius 2 is 1.84 bits per heavy atom. The van der Waals surface area contributed by atoms with Crippen LogP contribution in [0.2, 0.25) is 0 Å². The smallest absolute Gasteiger partial charge is 0.356 e. The van der Waals surface area contributed by atoms with Gasteiger partial charge in [0.25, 0.3) is 0 Å². The van der Waals surface area contributed by atoms with E-state index in [1.165, 1.54) is 34.5 Å². The maximum atomic E-state index is 12.8. The van der Waals surface area contributed by atoms with E-state index in [9.17, 15) is 9.59 Å². The third-order valence-electron chi connectivity index (χ3n) is 5.81. The number of rotatable bonds is 4. The van der Waals surface area contributed by atoms with Crippen molar-refractivity contribution < 1.29 is 14.7 Å². The summed E-state index contributed by atoms with van der Waals surface area (Å²) in [6.45, 7) is 7.06. The van der Waals surface area contributed by atoms with Crippen LogP contribution in [-0.4, -0.2) is 62.4 Å². The van der Waals surface area contributed by atoms with Gasteiger partial charge in [0.05, 0.1) is 0 Å². The second-order valence-electron chi connectivity index (χ2n) is 8.02. The van der Waals surface area contributed by atoms with E-state index in [-0.39, 0.29) is 17.8 Å². The number of hydrogen-bond acceptors (Lipinski definition) is 4. The molecule has 1 aromatic heterocycles. The molecule has 160 valence electrons. The van der Waals surface area contributed by atoms with E-state index < -0.39 is 5.97 Å². The number of carboxylic acids is 1. The van der Waals surface area contributed by atoms with Crippen molar-refractivity contribution in [2.75, 3.05) is 19.6 Å². The predicted molar refractivity (Wildman–Crippen MR) is 118 cm³/mol. The Labute approximate surface area is 181 Å². The molecule has 1 saturated heterocycles. The predicted octanol–water partition coefficient (Wildman–Crippen LogP) is 3.73. The lowest BCUT2D eigenvalue weighted by atomic mass is 9.99. The zero-order chi connectivity index (χ0) is 22.0. The lowest BCUT2D eigenvalue weighted by Crippen LogP contribution is -2.54. The number of aryl methyl sites for hydroxylation is 1. The van der Waals surface area contributed by atoms with Gasteiger partial charge < -0.3 is 10.0 Å². The number of aromatic nitrogens is 2. The van der Waals surface area contributed by atoms with Crippen molar-refractivity contribution in [3.63, 3.8) is 0 Å². The summed E-state index contributed by atoms with van der Waals surface area (Å²) < 4.78 is 1.11. The summed E-state index contributed by atoms with van der Waals surface area (Å²) in [5, 5.41) is 12.9. The molecule has 4 rings (SSSR count). The minimum Gasteiger partial charge on any atom is -0.476 e. The van der Waals surface area contributed by atoms with Gasteiger partial charge in [-0.2, -0.15) is 9.78 Å². The van der Waals surface area contributed by atoms with Gasteiger partial charge in [-0.25, -0.2) is 9.59 Å². The molecule has 2 heterocycles. The van der Waals surface area contributed by atoms with Crippen LogP contribution in [0.25, 0.3) is 11.1 Å². The Balaban J connectivity index is 1.40. The Bertz CT molecular complexity index is 1090. The van der Waals surface area contributed by atoms with E-state index in [1.807, 2.05) is 25.1 Å². The van der Waals surface area contributed by atoms with E-state index in [4.69, 9.17) is 5.11 Å². The largest absolute Gasteiger partial charge is 0.476 e. The summed E-state index contributed by atoms with van der Waals surface area (Å²) in [7, 11) is 0. The SMILES string of the molecule is Cc1cc(-c2ccccc2)ccc1CN1CCN(C(=O)n2ccc(C(=O)O)n2)[C@H](C)C1.